The van der Waals surface area contributed by atoms with Crippen molar-refractivity contribution in [2.24, 2.45) is 4.99 Å². The summed E-state index contributed by atoms with van der Waals surface area (Å²) in [5.41, 5.74) is 3.03. The SMILES string of the molecule is CCCCOc1ccc(/C=C2\N=C(c3ccccc3C)OC2=O)cc1. The predicted molar refractivity (Wildman–Crippen MR) is 98.6 cm³/mol. The average molecular weight is 335 g/mol. The monoisotopic (exact) mass is 335 g/mol. The number of cyclic esters (lactones) is 1. The molecule has 0 fully saturated rings. The van der Waals surface area contributed by atoms with E-state index in [9.17, 15) is 4.79 Å². The van der Waals surface area contributed by atoms with E-state index >= 15 is 0 Å². The van der Waals surface area contributed by atoms with Crippen LogP contribution in [0.1, 0.15) is 36.5 Å². The number of benzene rings is 2. The van der Waals surface area contributed by atoms with Gasteiger partial charge in [-0.15, -0.1) is 0 Å². The third-order valence-electron chi connectivity index (χ3n) is 3.95. The number of carbonyl (C=O) groups is 1. The predicted octanol–water partition coefficient (Wildman–Crippen LogP) is 4.52. The van der Waals surface area contributed by atoms with Crippen molar-refractivity contribution < 1.29 is 14.3 Å². The Kier molecular flexibility index (Phi) is 5.29. The highest BCUT2D eigenvalue weighted by atomic mass is 16.6. The Balaban J connectivity index is 1.77. The Morgan fingerprint density at radius 1 is 1.12 bits per heavy atom. The number of rotatable bonds is 6. The number of hydrogen-bond donors (Lipinski definition) is 0. The molecule has 25 heavy (non-hydrogen) atoms. The van der Waals surface area contributed by atoms with Crippen LogP contribution in [0.3, 0.4) is 0 Å². The third kappa shape index (κ3) is 4.15. The van der Waals surface area contributed by atoms with Crippen LogP contribution < -0.4 is 4.74 Å². The van der Waals surface area contributed by atoms with E-state index < -0.39 is 5.97 Å². The Bertz CT molecular complexity index is 819. The summed E-state index contributed by atoms with van der Waals surface area (Å²) in [5.74, 6) is 0.754. The summed E-state index contributed by atoms with van der Waals surface area (Å²) in [6, 6.07) is 15.3. The molecule has 1 aliphatic heterocycles. The van der Waals surface area contributed by atoms with E-state index in [0.717, 1.165) is 35.3 Å². The van der Waals surface area contributed by atoms with Crippen molar-refractivity contribution in [3.05, 3.63) is 70.9 Å². The fourth-order valence-corrected chi connectivity index (χ4v) is 2.49. The number of carbonyl (C=O) groups excluding carboxylic acids is 1. The Labute approximate surface area is 147 Å². The lowest BCUT2D eigenvalue weighted by Gasteiger charge is -2.05. The normalized spacial score (nSPS) is 15.2. The van der Waals surface area contributed by atoms with Crippen LogP contribution in [0.5, 0.6) is 5.75 Å². The van der Waals surface area contributed by atoms with Crippen molar-refractivity contribution in [1.29, 1.82) is 0 Å². The zero-order chi connectivity index (χ0) is 17.6. The smallest absolute Gasteiger partial charge is 0.363 e. The molecule has 0 bridgehead atoms. The number of aryl methyl sites for hydroxylation is 1. The van der Waals surface area contributed by atoms with Gasteiger partial charge < -0.3 is 9.47 Å². The van der Waals surface area contributed by atoms with E-state index in [1.807, 2.05) is 55.5 Å². The van der Waals surface area contributed by atoms with Gasteiger partial charge in [0.25, 0.3) is 0 Å². The van der Waals surface area contributed by atoms with Crippen molar-refractivity contribution in [1.82, 2.24) is 0 Å². The molecule has 2 aromatic rings. The zero-order valence-corrected chi connectivity index (χ0v) is 14.5. The molecular weight excluding hydrogens is 314 g/mol. The summed E-state index contributed by atoms with van der Waals surface area (Å²) < 4.78 is 11.0. The van der Waals surface area contributed by atoms with Gasteiger partial charge in [0, 0.05) is 5.56 Å². The van der Waals surface area contributed by atoms with Crippen LogP contribution in [-0.4, -0.2) is 18.5 Å². The van der Waals surface area contributed by atoms with Crippen LogP contribution in [0.25, 0.3) is 6.08 Å². The molecule has 0 radical (unpaired) electrons. The van der Waals surface area contributed by atoms with Gasteiger partial charge >= 0.3 is 5.97 Å². The minimum Gasteiger partial charge on any atom is -0.494 e. The van der Waals surface area contributed by atoms with Crippen molar-refractivity contribution in [3.63, 3.8) is 0 Å². The molecule has 0 spiro atoms. The summed E-state index contributed by atoms with van der Waals surface area (Å²) in [5, 5.41) is 0. The number of unbranched alkanes of at least 4 members (excludes halogenated alkanes) is 1. The van der Waals surface area contributed by atoms with Gasteiger partial charge in [0.05, 0.1) is 6.61 Å². The highest BCUT2D eigenvalue weighted by Crippen LogP contribution is 2.22. The van der Waals surface area contributed by atoms with E-state index in [4.69, 9.17) is 9.47 Å². The topological polar surface area (TPSA) is 47.9 Å². The van der Waals surface area contributed by atoms with Gasteiger partial charge in [-0.1, -0.05) is 43.7 Å². The molecule has 0 aromatic heterocycles. The lowest BCUT2D eigenvalue weighted by atomic mass is 10.1. The second-order valence-electron chi connectivity index (χ2n) is 5.92. The molecule has 0 saturated carbocycles. The summed E-state index contributed by atoms with van der Waals surface area (Å²) in [7, 11) is 0. The van der Waals surface area contributed by atoms with E-state index in [0.29, 0.717) is 18.2 Å². The molecule has 3 rings (SSSR count). The minimum absolute atomic E-state index is 0.304. The number of aliphatic imine (C=N–C) groups is 1. The standard InChI is InChI=1S/C21H21NO3/c1-3-4-13-24-17-11-9-16(10-12-17)14-19-21(23)25-20(22-19)18-8-6-5-7-15(18)2/h5-12,14H,3-4,13H2,1-2H3/b19-14-. The van der Waals surface area contributed by atoms with E-state index in [1.165, 1.54) is 0 Å². The Hall–Kier alpha value is -2.88. The number of ether oxygens (including phenoxy) is 2. The minimum atomic E-state index is -0.429. The number of hydrogen-bond acceptors (Lipinski definition) is 4. The molecule has 2 aromatic carbocycles. The van der Waals surface area contributed by atoms with Crippen molar-refractivity contribution >= 4 is 17.9 Å². The quantitative estimate of drug-likeness (QED) is 0.443. The van der Waals surface area contributed by atoms with Gasteiger partial charge in [-0.25, -0.2) is 9.79 Å². The maximum absolute atomic E-state index is 12.1. The maximum atomic E-state index is 12.1. The average Bonchev–Trinajstić information content (AvgIpc) is 2.97. The second kappa shape index (κ2) is 7.79. The molecule has 0 saturated heterocycles. The first-order valence-electron chi connectivity index (χ1n) is 8.49. The summed E-state index contributed by atoms with van der Waals surface area (Å²) >= 11 is 0. The molecular formula is C21H21NO3. The van der Waals surface area contributed by atoms with Crippen molar-refractivity contribution in [3.8, 4) is 5.75 Å². The molecule has 0 aliphatic carbocycles. The summed E-state index contributed by atoms with van der Waals surface area (Å²) in [6.07, 6.45) is 3.87. The maximum Gasteiger partial charge on any atom is 0.363 e. The van der Waals surface area contributed by atoms with Crippen LogP contribution in [0.2, 0.25) is 0 Å². The first-order chi connectivity index (χ1) is 12.2. The Morgan fingerprint density at radius 3 is 2.60 bits per heavy atom. The fraction of sp³-hybridized carbons (Fsp3) is 0.238. The van der Waals surface area contributed by atoms with Gasteiger partial charge in [0.1, 0.15) is 5.75 Å². The summed E-state index contributed by atoms with van der Waals surface area (Å²) in [4.78, 5) is 16.4. The molecule has 128 valence electrons. The van der Waals surface area contributed by atoms with E-state index in [1.54, 1.807) is 6.08 Å². The molecule has 1 heterocycles. The van der Waals surface area contributed by atoms with Gasteiger partial charge in [0.2, 0.25) is 5.90 Å². The van der Waals surface area contributed by atoms with Crippen LogP contribution in [0, 0.1) is 6.92 Å². The lowest BCUT2D eigenvalue weighted by Crippen LogP contribution is -2.06. The molecule has 4 heteroatoms. The third-order valence-corrected chi connectivity index (χ3v) is 3.95. The fourth-order valence-electron chi connectivity index (χ4n) is 2.49. The molecule has 0 N–H and O–H groups in total. The first-order valence-corrected chi connectivity index (χ1v) is 8.49. The van der Waals surface area contributed by atoms with E-state index in [2.05, 4.69) is 11.9 Å². The highest BCUT2D eigenvalue weighted by molar-refractivity contribution is 6.13. The second-order valence-corrected chi connectivity index (χ2v) is 5.92. The van der Waals surface area contributed by atoms with Gasteiger partial charge in [-0.2, -0.15) is 0 Å². The molecule has 0 unspecified atom stereocenters. The van der Waals surface area contributed by atoms with Crippen LogP contribution in [0.15, 0.2) is 59.2 Å². The molecule has 0 amide bonds. The zero-order valence-electron chi connectivity index (χ0n) is 14.5. The van der Waals surface area contributed by atoms with Crippen LogP contribution >= 0.6 is 0 Å². The highest BCUT2D eigenvalue weighted by Gasteiger charge is 2.24. The van der Waals surface area contributed by atoms with Gasteiger partial charge in [-0.3, -0.25) is 0 Å². The van der Waals surface area contributed by atoms with Crippen molar-refractivity contribution in [2.45, 2.75) is 26.7 Å². The van der Waals surface area contributed by atoms with Crippen LogP contribution in [-0.2, 0) is 9.53 Å². The van der Waals surface area contributed by atoms with Crippen molar-refractivity contribution in [2.75, 3.05) is 6.61 Å². The number of nitrogens with zero attached hydrogens (tertiary/aromatic N) is 1. The largest absolute Gasteiger partial charge is 0.494 e. The first kappa shape index (κ1) is 17.0. The van der Waals surface area contributed by atoms with E-state index in [-0.39, 0.29) is 0 Å². The van der Waals surface area contributed by atoms with Gasteiger partial charge in [-0.05, 0) is 48.7 Å². The summed E-state index contributed by atoms with van der Waals surface area (Å²) in [6.45, 7) is 4.81. The van der Waals surface area contributed by atoms with Gasteiger partial charge in [0.15, 0.2) is 5.70 Å². The number of esters is 1. The molecule has 1 aliphatic rings. The lowest BCUT2D eigenvalue weighted by molar-refractivity contribution is -0.129. The van der Waals surface area contributed by atoms with Crippen LogP contribution in [0.4, 0.5) is 0 Å². The Morgan fingerprint density at radius 2 is 1.88 bits per heavy atom. The molecule has 0 atom stereocenters. The molecule has 4 nitrogen and oxygen atoms in total.